The number of ether oxygens (including phenoxy) is 1. The Morgan fingerprint density at radius 2 is 1.70 bits per heavy atom. The number of sulfonamides is 1. The number of para-hydroxylation sites is 1. The van der Waals surface area contributed by atoms with Crippen LogP contribution in [-0.2, 0) is 14.8 Å². The van der Waals surface area contributed by atoms with Crippen molar-refractivity contribution in [1.82, 2.24) is 9.21 Å². The number of hydrogen-bond acceptors (Lipinski definition) is 4. The highest BCUT2D eigenvalue weighted by Crippen LogP contribution is 2.21. The monoisotopic (exact) mass is 408 g/mol. The highest BCUT2D eigenvalue weighted by Gasteiger charge is 2.32. The van der Waals surface area contributed by atoms with E-state index in [1.807, 2.05) is 18.2 Å². The van der Waals surface area contributed by atoms with Crippen molar-refractivity contribution in [3.8, 4) is 5.75 Å². The first-order chi connectivity index (χ1) is 12.9. The molecule has 0 aliphatic carbocycles. The fourth-order valence-electron chi connectivity index (χ4n) is 2.94. The SMILES string of the molecule is C[C@H](Oc1ccccc1)C(=O)N1CCN(S(=O)(=O)c2cccc(Cl)c2)CC1. The van der Waals surface area contributed by atoms with Gasteiger partial charge in [0.15, 0.2) is 6.10 Å². The minimum absolute atomic E-state index is 0.154. The molecule has 1 amide bonds. The summed E-state index contributed by atoms with van der Waals surface area (Å²) in [6.07, 6.45) is -0.636. The third kappa shape index (κ3) is 4.61. The van der Waals surface area contributed by atoms with Crippen molar-refractivity contribution >= 4 is 27.5 Å². The Balaban J connectivity index is 1.60. The first-order valence-electron chi connectivity index (χ1n) is 8.64. The number of hydrogen-bond donors (Lipinski definition) is 0. The van der Waals surface area contributed by atoms with E-state index in [0.717, 1.165) is 0 Å². The standard InChI is InChI=1S/C19H21ClN2O4S/c1-15(26-17-7-3-2-4-8-17)19(23)21-10-12-22(13-11-21)27(24,25)18-9-5-6-16(20)14-18/h2-9,14-15H,10-13H2,1H3/t15-/m0/s1. The summed E-state index contributed by atoms with van der Waals surface area (Å²) in [4.78, 5) is 14.4. The van der Waals surface area contributed by atoms with E-state index >= 15 is 0 Å². The Labute approximate surface area is 164 Å². The molecule has 0 aromatic heterocycles. The molecule has 2 aromatic rings. The average molecular weight is 409 g/mol. The highest BCUT2D eigenvalue weighted by atomic mass is 35.5. The van der Waals surface area contributed by atoms with E-state index in [1.165, 1.54) is 16.4 Å². The summed E-state index contributed by atoms with van der Waals surface area (Å²) < 4.78 is 32.5. The Bertz CT molecular complexity index is 897. The normalized spacial score (nSPS) is 16.7. The second-order valence-corrected chi connectivity index (χ2v) is 8.63. The summed E-state index contributed by atoms with van der Waals surface area (Å²) in [5.74, 6) is 0.471. The molecule has 0 bridgehead atoms. The summed E-state index contributed by atoms with van der Waals surface area (Å²) in [6, 6.07) is 15.3. The van der Waals surface area contributed by atoms with Crippen LogP contribution < -0.4 is 4.74 Å². The Hall–Kier alpha value is -2.09. The van der Waals surface area contributed by atoms with Gasteiger partial charge < -0.3 is 9.64 Å². The number of halogens is 1. The van der Waals surface area contributed by atoms with E-state index in [4.69, 9.17) is 16.3 Å². The molecule has 1 fully saturated rings. The molecule has 0 radical (unpaired) electrons. The largest absolute Gasteiger partial charge is 0.481 e. The van der Waals surface area contributed by atoms with Crippen LogP contribution in [0, 0.1) is 0 Å². The molecular formula is C19H21ClN2O4S. The quantitative estimate of drug-likeness (QED) is 0.762. The Morgan fingerprint density at radius 3 is 2.33 bits per heavy atom. The third-order valence-electron chi connectivity index (χ3n) is 4.39. The molecule has 1 atom stereocenters. The molecule has 0 spiro atoms. The summed E-state index contributed by atoms with van der Waals surface area (Å²) in [5, 5.41) is 0.372. The van der Waals surface area contributed by atoms with Gasteiger partial charge in [-0.25, -0.2) is 8.42 Å². The van der Waals surface area contributed by atoms with Gasteiger partial charge in [0.05, 0.1) is 4.90 Å². The zero-order valence-corrected chi connectivity index (χ0v) is 16.5. The van der Waals surface area contributed by atoms with Gasteiger partial charge in [-0.3, -0.25) is 4.79 Å². The van der Waals surface area contributed by atoms with Crippen LogP contribution in [0.4, 0.5) is 0 Å². The van der Waals surface area contributed by atoms with Crippen LogP contribution >= 0.6 is 11.6 Å². The summed E-state index contributed by atoms with van der Waals surface area (Å²) >= 11 is 5.91. The molecule has 3 rings (SSSR count). The Morgan fingerprint density at radius 1 is 1.04 bits per heavy atom. The first kappa shape index (κ1) is 19.7. The van der Waals surface area contributed by atoms with Gasteiger partial charge in [-0.15, -0.1) is 0 Å². The van der Waals surface area contributed by atoms with Crippen molar-refractivity contribution in [2.24, 2.45) is 0 Å². The maximum absolute atomic E-state index is 12.7. The lowest BCUT2D eigenvalue weighted by Gasteiger charge is -2.35. The highest BCUT2D eigenvalue weighted by molar-refractivity contribution is 7.89. The molecule has 1 heterocycles. The van der Waals surface area contributed by atoms with E-state index < -0.39 is 16.1 Å². The van der Waals surface area contributed by atoms with Crippen molar-refractivity contribution in [2.45, 2.75) is 17.9 Å². The van der Waals surface area contributed by atoms with Gasteiger partial charge in [0.1, 0.15) is 5.75 Å². The third-order valence-corrected chi connectivity index (χ3v) is 6.52. The van der Waals surface area contributed by atoms with Crippen LogP contribution in [-0.4, -0.2) is 55.8 Å². The number of carbonyl (C=O) groups excluding carboxylic acids is 1. The number of carbonyl (C=O) groups is 1. The van der Waals surface area contributed by atoms with Crippen molar-refractivity contribution in [3.63, 3.8) is 0 Å². The van der Waals surface area contributed by atoms with E-state index in [9.17, 15) is 13.2 Å². The molecule has 8 heteroatoms. The number of amides is 1. The van der Waals surface area contributed by atoms with Crippen LogP contribution in [0.15, 0.2) is 59.5 Å². The number of nitrogens with zero attached hydrogens (tertiary/aromatic N) is 2. The summed E-state index contributed by atoms with van der Waals surface area (Å²) in [7, 11) is -3.62. The van der Waals surface area contributed by atoms with Crippen molar-refractivity contribution in [1.29, 1.82) is 0 Å². The first-order valence-corrected chi connectivity index (χ1v) is 10.5. The van der Waals surface area contributed by atoms with Crippen molar-refractivity contribution < 1.29 is 17.9 Å². The van der Waals surface area contributed by atoms with Gasteiger partial charge >= 0.3 is 0 Å². The minimum atomic E-state index is -3.62. The smallest absolute Gasteiger partial charge is 0.263 e. The second-order valence-electron chi connectivity index (χ2n) is 6.26. The van der Waals surface area contributed by atoms with E-state index in [-0.39, 0.29) is 23.9 Å². The second kappa shape index (κ2) is 8.29. The van der Waals surface area contributed by atoms with Crippen molar-refractivity contribution in [3.05, 3.63) is 59.6 Å². The topological polar surface area (TPSA) is 66.9 Å². The van der Waals surface area contributed by atoms with Crippen LogP contribution in [0.5, 0.6) is 5.75 Å². The molecule has 1 saturated heterocycles. The van der Waals surface area contributed by atoms with Gasteiger partial charge in [0, 0.05) is 31.2 Å². The minimum Gasteiger partial charge on any atom is -0.481 e. The lowest BCUT2D eigenvalue weighted by atomic mass is 10.3. The maximum atomic E-state index is 12.7. The molecule has 0 saturated carbocycles. The van der Waals surface area contributed by atoms with Gasteiger partial charge in [-0.05, 0) is 37.3 Å². The molecule has 1 aliphatic rings. The van der Waals surface area contributed by atoms with Crippen LogP contribution in [0.25, 0.3) is 0 Å². The van der Waals surface area contributed by atoms with E-state index in [0.29, 0.717) is 23.9 Å². The van der Waals surface area contributed by atoms with Gasteiger partial charge in [-0.2, -0.15) is 4.31 Å². The van der Waals surface area contributed by atoms with Crippen LogP contribution in [0.1, 0.15) is 6.92 Å². The van der Waals surface area contributed by atoms with E-state index in [1.54, 1.807) is 36.1 Å². The van der Waals surface area contributed by atoms with Gasteiger partial charge in [0.25, 0.3) is 5.91 Å². The number of rotatable bonds is 5. The van der Waals surface area contributed by atoms with Crippen LogP contribution in [0.2, 0.25) is 5.02 Å². The Kier molecular flexibility index (Phi) is 6.04. The molecular weight excluding hydrogens is 388 g/mol. The molecule has 27 heavy (non-hydrogen) atoms. The maximum Gasteiger partial charge on any atom is 0.263 e. The predicted molar refractivity (Wildman–Crippen MR) is 103 cm³/mol. The van der Waals surface area contributed by atoms with E-state index in [2.05, 4.69) is 0 Å². The van der Waals surface area contributed by atoms with Crippen molar-refractivity contribution in [2.75, 3.05) is 26.2 Å². The molecule has 6 nitrogen and oxygen atoms in total. The average Bonchev–Trinajstić information content (AvgIpc) is 2.68. The zero-order chi connectivity index (χ0) is 19.4. The molecule has 144 valence electrons. The molecule has 0 unspecified atom stereocenters. The molecule has 1 aliphatic heterocycles. The lowest BCUT2D eigenvalue weighted by Crippen LogP contribution is -2.53. The molecule has 0 N–H and O–H groups in total. The predicted octanol–water partition coefficient (Wildman–Crippen LogP) is 2.64. The van der Waals surface area contributed by atoms with Gasteiger partial charge in [0.2, 0.25) is 10.0 Å². The number of piperazine rings is 1. The van der Waals surface area contributed by atoms with Gasteiger partial charge in [-0.1, -0.05) is 35.9 Å². The number of benzene rings is 2. The summed E-state index contributed by atoms with van der Waals surface area (Å²) in [6.45, 7) is 2.81. The fourth-order valence-corrected chi connectivity index (χ4v) is 4.66. The van der Waals surface area contributed by atoms with Crippen LogP contribution in [0.3, 0.4) is 0 Å². The molecule has 2 aromatic carbocycles. The lowest BCUT2D eigenvalue weighted by molar-refractivity contribution is -0.139. The zero-order valence-electron chi connectivity index (χ0n) is 14.9. The fraction of sp³-hybridized carbons (Fsp3) is 0.316. The summed E-state index contributed by atoms with van der Waals surface area (Å²) in [5.41, 5.74) is 0.